The summed E-state index contributed by atoms with van der Waals surface area (Å²) in [5, 5.41) is 10.1. The molecule has 190 valence electrons. The Morgan fingerprint density at radius 2 is 1.55 bits per heavy atom. The van der Waals surface area contributed by atoms with Gasteiger partial charge in [0.05, 0.1) is 22.3 Å². The van der Waals surface area contributed by atoms with E-state index in [-0.39, 0.29) is 16.9 Å². The lowest BCUT2D eigenvalue weighted by atomic mass is 9.90. The average Bonchev–Trinajstić information content (AvgIpc) is 3.46. The maximum Gasteiger partial charge on any atom is 0.333 e. The topological polar surface area (TPSA) is 90.9 Å². The number of anilines is 2. The van der Waals surface area contributed by atoms with E-state index in [9.17, 15) is 13.2 Å². The van der Waals surface area contributed by atoms with Crippen LogP contribution in [0.25, 0.3) is 0 Å². The Morgan fingerprint density at radius 3 is 2.29 bits per heavy atom. The summed E-state index contributed by atoms with van der Waals surface area (Å²) in [6.45, 7) is 0. The number of carbonyl (C=O) groups excluding carboxylic acids is 1. The minimum absolute atomic E-state index is 0.0232. The SMILES string of the molecule is O=C(Nc1ccccc1)NS(=O)(=O)c1ccc(N2N=C3c4ccccc4CC3C2c2ccc(Cl)cc2)cc1. The van der Waals surface area contributed by atoms with Crippen molar-refractivity contribution in [3.05, 3.63) is 125 Å². The Balaban J connectivity index is 1.28. The van der Waals surface area contributed by atoms with Gasteiger partial charge in [-0.05, 0) is 66.1 Å². The van der Waals surface area contributed by atoms with Crippen molar-refractivity contribution in [1.82, 2.24) is 4.72 Å². The van der Waals surface area contributed by atoms with Gasteiger partial charge in [0, 0.05) is 22.2 Å². The first-order chi connectivity index (χ1) is 18.4. The molecule has 2 aliphatic rings. The fraction of sp³-hybridized carbons (Fsp3) is 0.103. The number of rotatable bonds is 5. The Morgan fingerprint density at radius 1 is 0.868 bits per heavy atom. The second-order valence-electron chi connectivity index (χ2n) is 9.21. The first kappa shape index (κ1) is 24.2. The number of para-hydroxylation sites is 1. The third-order valence-electron chi connectivity index (χ3n) is 6.83. The van der Waals surface area contributed by atoms with E-state index in [4.69, 9.17) is 16.7 Å². The lowest BCUT2D eigenvalue weighted by Crippen LogP contribution is -2.34. The molecule has 38 heavy (non-hydrogen) atoms. The quantitative estimate of drug-likeness (QED) is 0.324. The smallest absolute Gasteiger partial charge is 0.307 e. The van der Waals surface area contributed by atoms with Gasteiger partial charge < -0.3 is 5.32 Å². The van der Waals surface area contributed by atoms with Crippen LogP contribution >= 0.6 is 11.6 Å². The van der Waals surface area contributed by atoms with Crippen LogP contribution in [0.2, 0.25) is 5.02 Å². The van der Waals surface area contributed by atoms with Crippen molar-refractivity contribution in [2.75, 3.05) is 10.3 Å². The summed E-state index contributed by atoms with van der Waals surface area (Å²) in [4.78, 5) is 12.3. The van der Waals surface area contributed by atoms with Crippen LogP contribution in [-0.4, -0.2) is 20.2 Å². The van der Waals surface area contributed by atoms with Gasteiger partial charge in [0.2, 0.25) is 0 Å². The molecule has 2 N–H and O–H groups in total. The standard InChI is InChI=1S/C29H23ClN4O3S/c30-21-12-10-19(11-13-21)28-26-18-20-6-4-5-9-25(20)27(26)32-34(28)23-14-16-24(17-15-23)38(36,37)33-29(35)31-22-7-2-1-3-8-22/h1-17,26,28H,18H2,(H2,31,33,35). The van der Waals surface area contributed by atoms with Crippen molar-refractivity contribution in [1.29, 1.82) is 0 Å². The predicted molar refractivity (Wildman–Crippen MR) is 149 cm³/mol. The van der Waals surface area contributed by atoms with E-state index in [0.29, 0.717) is 10.7 Å². The first-order valence-corrected chi connectivity index (χ1v) is 14.0. The second-order valence-corrected chi connectivity index (χ2v) is 11.3. The summed E-state index contributed by atoms with van der Waals surface area (Å²) in [6, 6.07) is 30.2. The fourth-order valence-electron chi connectivity index (χ4n) is 5.11. The number of hydrogen-bond acceptors (Lipinski definition) is 5. The predicted octanol–water partition coefficient (Wildman–Crippen LogP) is 5.99. The van der Waals surface area contributed by atoms with Crippen molar-refractivity contribution in [3.63, 3.8) is 0 Å². The number of urea groups is 1. The van der Waals surface area contributed by atoms with Gasteiger partial charge in [-0.15, -0.1) is 0 Å². The van der Waals surface area contributed by atoms with Gasteiger partial charge in [0.1, 0.15) is 0 Å². The number of sulfonamides is 1. The molecule has 1 heterocycles. The molecule has 7 nitrogen and oxygen atoms in total. The molecule has 1 aliphatic heterocycles. The van der Waals surface area contributed by atoms with E-state index < -0.39 is 16.1 Å². The number of amides is 2. The van der Waals surface area contributed by atoms with Crippen molar-refractivity contribution in [2.45, 2.75) is 17.4 Å². The number of carbonyl (C=O) groups is 1. The van der Waals surface area contributed by atoms with Crippen LogP contribution in [0, 0.1) is 5.92 Å². The molecule has 0 radical (unpaired) electrons. The number of halogens is 1. The van der Waals surface area contributed by atoms with Crippen LogP contribution < -0.4 is 15.0 Å². The van der Waals surface area contributed by atoms with Crippen LogP contribution in [0.1, 0.15) is 22.7 Å². The van der Waals surface area contributed by atoms with Crippen LogP contribution in [0.4, 0.5) is 16.2 Å². The zero-order valence-electron chi connectivity index (χ0n) is 20.1. The summed E-state index contributed by atoms with van der Waals surface area (Å²) in [7, 11) is -4.08. The van der Waals surface area contributed by atoms with E-state index in [1.165, 1.54) is 17.7 Å². The van der Waals surface area contributed by atoms with Crippen molar-refractivity contribution in [2.24, 2.45) is 11.0 Å². The third kappa shape index (κ3) is 4.53. The molecular formula is C29H23ClN4O3S. The Kier molecular flexibility index (Phi) is 6.13. The Hall–Kier alpha value is -4.14. The Bertz CT molecular complexity index is 1640. The molecule has 9 heteroatoms. The number of hydrazone groups is 1. The first-order valence-electron chi connectivity index (χ1n) is 12.1. The van der Waals surface area contributed by atoms with E-state index in [1.807, 2.05) is 41.4 Å². The number of fused-ring (bicyclic) bond motifs is 3. The van der Waals surface area contributed by atoms with Gasteiger partial charge in [-0.1, -0.05) is 66.2 Å². The fourth-order valence-corrected chi connectivity index (χ4v) is 6.14. The van der Waals surface area contributed by atoms with E-state index in [1.54, 1.807) is 42.5 Å². The van der Waals surface area contributed by atoms with Gasteiger partial charge in [-0.25, -0.2) is 17.9 Å². The molecule has 2 amide bonds. The highest BCUT2D eigenvalue weighted by Gasteiger charge is 2.44. The lowest BCUT2D eigenvalue weighted by molar-refractivity contribution is 0.256. The van der Waals surface area contributed by atoms with Gasteiger partial charge in [0.15, 0.2) is 0 Å². The number of benzene rings is 4. The highest BCUT2D eigenvalue weighted by Crippen LogP contribution is 2.46. The van der Waals surface area contributed by atoms with Crippen LogP contribution in [0.5, 0.6) is 0 Å². The molecule has 0 saturated carbocycles. The van der Waals surface area contributed by atoms with Gasteiger partial charge in [-0.3, -0.25) is 5.01 Å². The Labute approximate surface area is 225 Å². The third-order valence-corrected chi connectivity index (χ3v) is 8.43. The highest BCUT2D eigenvalue weighted by molar-refractivity contribution is 7.90. The molecule has 4 aromatic carbocycles. The highest BCUT2D eigenvalue weighted by atomic mass is 35.5. The molecule has 0 aromatic heterocycles. The minimum Gasteiger partial charge on any atom is -0.307 e. The minimum atomic E-state index is -4.08. The van der Waals surface area contributed by atoms with Crippen molar-refractivity contribution >= 4 is 44.7 Å². The molecule has 4 aromatic rings. The molecule has 2 unspecified atom stereocenters. The maximum absolute atomic E-state index is 12.9. The van der Waals surface area contributed by atoms with Gasteiger partial charge in [0.25, 0.3) is 10.0 Å². The van der Waals surface area contributed by atoms with E-state index >= 15 is 0 Å². The summed E-state index contributed by atoms with van der Waals surface area (Å²) in [5.41, 5.74) is 5.75. The number of hydrogen-bond donors (Lipinski definition) is 2. The average molecular weight is 543 g/mol. The van der Waals surface area contributed by atoms with E-state index in [2.05, 4.69) is 22.2 Å². The maximum atomic E-state index is 12.9. The number of nitrogens with one attached hydrogen (secondary N) is 2. The van der Waals surface area contributed by atoms with E-state index in [0.717, 1.165) is 28.9 Å². The summed E-state index contributed by atoms with van der Waals surface area (Å²) in [5.74, 6) is 0.153. The molecule has 1 aliphatic carbocycles. The molecule has 0 bridgehead atoms. The normalized spacial score (nSPS) is 17.9. The van der Waals surface area contributed by atoms with Crippen molar-refractivity contribution < 1.29 is 13.2 Å². The monoisotopic (exact) mass is 542 g/mol. The summed E-state index contributed by atoms with van der Waals surface area (Å²) in [6.07, 6.45) is 0.867. The van der Waals surface area contributed by atoms with Crippen LogP contribution in [0.15, 0.2) is 113 Å². The van der Waals surface area contributed by atoms with Crippen molar-refractivity contribution in [3.8, 4) is 0 Å². The molecule has 6 rings (SSSR count). The number of nitrogens with zero attached hydrogens (tertiary/aromatic N) is 2. The zero-order chi connectivity index (χ0) is 26.3. The second kappa shape index (κ2) is 9.63. The zero-order valence-corrected chi connectivity index (χ0v) is 21.7. The lowest BCUT2D eigenvalue weighted by Gasteiger charge is -2.28. The largest absolute Gasteiger partial charge is 0.333 e. The molecular weight excluding hydrogens is 520 g/mol. The summed E-state index contributed by atoms with van der Waals surface area (Å²) < 4.78 is 27.8. The molecule has 2 atom stereocenters. The van der Waals surface area contributed by atoms with Crippen LogP contribution in [-0.2, 0) is 16.4 Å². The summed E-state index contributed by atoms with van der Waals surface area (Å²) >= 11 is 6.16. The molecule has 0 saturated heterocycles. The molecule has 0 spiro atoms. The van der Waals surface area contributed by atoms with Crippen LogP contribution in [0.3, 0.4) is 0 Å². The van der Waals surface area contributed by atoms with Gasteiger partial charge in [-0.2, -0.15) is 5.10 Å². The molecule has 0 fully saturated rings. The van der Waals surface area contributed by atoms with Gasteiger partial charge >= 0.3 is 6.03 Å².